The summed E-state index contributed by atoms with van der Waals surface area (Å²) in [5, 5.41) is 2.50. The van der Waals surface area contributed by atoms with Crippen LogP contribution in [0.15, 0.2) is 59.5 Å². The molecule has 0 spiro atoms. The first-order valence-corrected chi connectivity index (χ1v) is 12.4. The number of hydrogen-bond donors (Lipinski definition) is 1. The Balaban J connectivity index is 1.27. The number of carbonyl (C=O) groups is 3. The molecule has 2 saturated heterocycles. The van der Waals surface area contributed by atoms with Gasteiger partial charge in [0.15, 0.2) is 0 Å². The van der Waals surface area contributed by atoms with Crippen molar-refractivity contribution in [2.75, 3.05) is 44.2 Å². The highest BCUT2D eigenvalue weighted by atomic mass is 32.2. The average Bonchev–Trinajstić information content (AvgIpc) is 3.12. The van der Waals surface area contributed by atoms with E-state index >= 15 is 0 Å². The monoisotopic (exact) mass is 478 g/mol. The van der Waals surface area contributed by atoms with Crippen LogP contribution < -0.4 is 10.2 Å². The highest BCUT2D eigenvalue weighted by Gasteiger charge is 2.34. The molecule has 0 radical (unpaired) electrons. The second-order valence-electron chi connectivity index (χ2n) is 8.66. The van der Waals surface area contributed by atoms with E-state index in [-0.39, 0.29) is 30.1 Å². The molecule has 2 aliphatic rings. The summed E-state index contributed by atoms with van der Waals surface area (Å²) in [5.74, 6) is -0.544. The average molecular weight is 479 g/mol. The third-order valence-corrected chi connectivity index (χ3v) is 7.04. The van der Waals surface area contributed by atoms with E-state index in [1.165, 1.54) is 4.90 Å². The third kappa shape index (κ3) is 5.69. The van der Waals surface area contributed by atoms with Crippen molar-refractivity contribution in [1.29, 1.82) is 0 Å². The Bertz CT molecular complexity index is 1060. The number of amides is 3. The van der Waals surface area contributed by atoms with Crippen molar-refractivity contribution in [2.45, 2.75) is 19.9 Å². The summed E-state index contributed by atoms with van der Waals surface area (Å²) in [5.41, 5.74) is 2.54. The van der Waals surface area contributed by atoms with Gasteiger partial charge >= 0.3 is 0 Å². The lowest BCUT2D eigenvalue weighted by molar-refractivity contribution is -0.122. The molecule has 2 aliphatic heterocycles. The number of hydrogen-bond acceptors (Lipinski definition) is 6. The number of rotatable bonds is 7. The summed E-state index contributed by atoms with van der Waals surface area (Å²) in [7, 11) is 0. The molecule has 4 rings (SSSR count). The fraction of sp³-hybridized carbons (Fsp3) is 0.346. The molecular weight excluding hydrogens is 448 g/mol. The van der Waals surface area contributed by atoms with Gasteiger partial charge in [0.2, 0.25) is 0 Å². The van der Waals surface area contributed by atoms with Gasteiger partial charge in [-0.3, -0.25) is 24.2 Å². The molecule has 2 aromatic rings. The van der Waals surface area contributed by atoms with Crippen LogP contribution in [-0.4, -0.2) is 72.2 Å². The van der Waals surface area contributed by atoms with Gasteiger partial charge in [-0.2, -0.15) is 0 Å². The van der Waals surface area contributed by atoms with E-state index in [1.807, 2.05) is 54.6 Å². The van der Waals surface area contributed by atoms with Crippen LogP contribution in [0.1, 0.15) is 29.8 Å². The summed E-state index contributed by atoms with van der Waals surface area (Å²) in [6.07, 6.45) is 1.72. The minimum Gasteiger partial charge on any atom is -0.369 e. The molecule has 178 valence electrons. The van der Waals surface area contributed by atoms with Gasteiger partial charge in [0.1, 0.15) is 0 Å². The highest BCUT2D eigenvalue weighted by Crippen LogP contribution is 2.31. The van der Waals surface area contributed by atoms with Gasteiger partial charge in [-0.1, -0.05) is 30.3 Å². The Morgan fingerprint density at radius 3 is 2.32 bits per heavy atom. The van der Waals surface area contributed by atoms with E-state index in [2.05, 4.69) is 29.0 Å². The van der Waals surface area contributed by atoms with Crippen LogP contribution in [0, 0.1) is 0 Å². The van der Waals surface area contributed by atoms with Crippen LogP contribution in [-0.2, 0) is 4.79 Å². The zero-order valence-corrected chi connectivity index (χ0v) is 20.4. The van der Waals surface area contributed by atoms with Crippen molar-refractivity contribution in [3.8, 4) is 0 Å². The van der Waals surface area contributed by atoms with Crippen LogP contribution in [0.4, 0.5) is 10.5 Å². The van der Waals surface area contributed by atoms with Crippen molar-refractivity contribution in [3.63, 3.8) is 0 Å². The molecule has 34 heavy (non-hydrogen) atoms. The maximum absolute atomic E-state index is 12.6. The predicted molar refractivity (Wildman–Crippen MR) is 137 cm³/mol. The van der Waals surface area contributed by atoms with E-state index in [1.54, 1.807) is 6.08 Å². The van der Waals surface area contributed by atoms with Crippen LogP contribution in [0.2, 0.25) is 0 Å². The molecular formula is C26H30N4O3S. The maximum atomic E-state index is 12.6. The van der Waals surface area contributed by atoms with Gasteiger partial charge in [0, 0.05) is 56.6 Å². The SMILES string of the molecule is CC(C)N1CCN(c2ccc(C(=O)NCCN3C(=O)S/C(=C/c4ccccc4)C3=O)cc2)CC1. The van der Waals surface area contributed by atoms with E-state index in [0.717, 1.165) is 49.2 Å². The quantitative estimate of drug-likeness (QED) is 0.612. The van der Waals surface area contributed by atoms with Crippen molar-refractivity contribution < 1.29 is 14.4 Å². The van der Waals surface area contributed by atoms with Gasteiger partial charge in [0.05, 0.1) is 4.91 Å². The molecule has 0 saturated carbocycles. The zero-order valence-electron chi connectivity index (χ0n) is 19.6. The first kappa shape index (κ1) is 24.0. The minimum absolute atomic E-state index is 0.140. The van der Waals surface area contributed by atoms with Crippen molar-refractivity contribution in [1.82, 2.24) is 15.1 Å². The molecule has 2 fully saturated rings. The third-order valence-electron chi connectivity index (χ3n) is 6.13. The minimum atomic E-state index is -0.324. The number of carbonyl (C=O) groups excluding carboxylic acids is 3. The normalized spacial score (nSPS) is 18.3. The largest absolute Gasteiger partial charge is 0.369 e. The molecule has 0 unspecified atom stereocenters. The number of piperazine rings is 1. The molecule has 0 aromatic heterocycles. The molecule has 7 nitrogen and oxygen atoms in total. The fourth-order valence-corrected chi connectivity index (χ4v) is 4.96. The molecule has 2 aromatic carbocycles. The lowest BCUT2D eigenvalue weighted by atomic mass is 10.1. The molecule has 2 heterocycles. The number of nitrogens with zero attached hydrogens (tertiary/aromatic N) is 3. The lowest BCUT2D eigenvalue weighted by Crippen LogP contribution is -2.48. The van der Waals surface area contributed by atoms with Gasteiger partial charge in [-0.15, -0.1) is 0 Å². The van der Waals surface area contributed by atoms with Gasteiger partial charge in [-0.25, -0.2) is 0 Å². The van der Waals surface area contributed by atoms with Crippen LogP contribution in [0.3, 0.4) is 0 Å². The first-order valence-electron chi connectivity index (χ1n) is 11.6. The number of anilines is 1. The summed E-state index contributed by atoms with van der Waals surface area (Å²) >= 11 is 0.927. The van der Waals surface area contributed by atoms with E-state index in [4.69, 9.17) is 0 Å². The highest BCUT2D eigenvalue weighted by molar-refractivity contribution is 8.18. The molecule has 0 bridgehead atoms. The summed E-state index contributed by atoms with van der Waals surface area (Å²) < 4.78 is 0. The second-order valence-corrected chi connectivity index (χ2v) is 9.66. The summed E-state index contributed by atoms with van der Waals surface area (Å²) in [6, 6.07) is 17.6. The van der Waals surface area contributed by atoms with Crippen LogP contribution in [0.5, 0.6) is 0 Å². The maximum Gasteiger partial charge on any atom is 0.293 e. The van der Waals surface area contributed by atoms with Crippen LogP contribution in [0.25, 0.3) is 6.08 Å². The number of thioether (sulfide) groups is 1. The summed E-state index contributed by atoms with van der Waals surface area (Å²) in [6.45, 7) is 8.80. The first-order chi connectivity index (χ1) is 16.4. The van der Waals surface area contributed by atoms with Crippen molar-refractivity contribution >= 4 is 40.6 Å². The molecule has 1 N–H and O–H groups in total. The predicted octanol–water partition coefficient (Wildman–Crippen LogP) is 3.68. The Hall–Kier alpha value is -3.10. The van der Waals surface area contributed by atoms with Crippen molar-refractivity contribution in [3.05, 3.63) is 70.6 Å². The van der Waals surface area contributed by atoms with E-state index < -0.39 is 0 Å². The number of nitrogens with one attached hydrogen (secondary N) is 1. The van der Waals surface area contributed by atoms with Gasteiger partial charge < -0.3 is 10.2 Å². The molecule has 0 aliphatic carbocycles. The fourth-order valence-electron chi connectivity index (χ4n) is 4.10. The second kappa shape index (κ2) is 10.9. The van der Waals surface area contributed by atoms with Crippen molar-refractivity contribution in [2.24, 2.45) is 0 Å². The van der Waals surface area contributed by atoms with E-state index in [9.17, 15) is 14.4 Å². The topological polar surface area (TPSA) is 73.0 Å². The lowest BCUT2D eigenvalue weighted by Gasteiger charge is -2.38. The Kier molecular flexibility index (Phi) is 7.70. The Labute approximate surface area is 204 Å². The Morgan fingerprint density at radius 1 is 1.00 bits per heavy atom. The number of imide groups is 1. The smallest absolute Gasteiger partial charge is 0.293 e. The Morgan fingerprint density at radius 2 is 1.68 bits per heavy atom. The summed E-state index contributed by atoms with van der Waals surface area (Å²) in [4.78, 5) is 43.8. The standard InChI is InChI=1S/C26H30N4O3S/c1-19(2)28-14-16-29(17-15-28)22-10-8-21(9-11-22)24(31)27-12-13-30-25(32)23(34-26(30)33)18-20-6-4-3-5-7-20/h3-11,18-19H,12-17H2,1-2H3,(H,27,31)/b23-18+. The molecule has 8 heteroatoms. The number of benzene rings is 2. The zero-order chi connectivity index (χ0) is 24.1. The van der Waals surface area contributed by atoms with E-state index in [0.29, 0.717) is 16.5 Å². The van der Waals surface area contributed by atoms with Gasteiger partial charge in [0.25, 0.3) is 17.1 Å². The van der Waals surface area contributed by atoms with Crippen LogP contribution >= 0.6 is 11.8 Å². The molecule has 0 atom stereocenters. The van der Waals surface area contributed by atoms with Gasteiger partial charge in [-0.05, 0) is 61.5 Å². The molecule has 3 amide bonds.